The van der Waals surface area contributed by atoms with Crippen molar-refractivity contribution in [3.05, 3.63) is 99.5 Å². The fourth-order valence-electron chi connectivity index (χ4n) is 3.16. The Morgan fingerprint density at radius 1 is 0.900 bits per heavy atom. The van der Waals surface area contributed by atoms with Gasteiger partial charge in [-0.3, -0.25) is 9.59 Å². The predicted molar refractivity (Wildman–Crippen MR) is 107 cm³/mol. The van der Waals surface area contributed by atoms with Gasteiger partial charge in [-0.2, -0.15) is 0 Å². The smallest absolute Gasteiger partial charge is 0.259 e. The maximum atomic E-state index is 13.9. The van der Waals surface area contributed by atoms with Gasteiger partial charge >= 0.3 is 0 Å². The molecule has 4 rings (SSSR count). The molecule has 0 fully saturated rings. The molecule has 0 unspecified atom stereocenters. The number of para-hydroxylation sites is 1. The van der Waals surface area contributed by atoms with Crippen LogP contribution < -0.4 is 10.7 Å². The summed E-state index contributed by atoms with van der Waals surface area (Å²) < 4.78 is 46.5. The fraction of sp³-hybridized carbons (Fsp3) is 0.0435. The van der Waals surface area contributed by atoms with Crippen LogP contribution in [-0.2, 0) is 0 Å². The second-order valence-corrected chi connectivity index (χ2v) is 6.63. The molecule has 0 aliphatic rings. The predicted octanol–water partition coefficient (Wildman–Crippen LogP) is 5.44. The van der Waals surface area contributed by atoms with Crippen LogP contribution in [0.2, 0.25) is 0 Å². The Hall–Kier alpha value is -3.87. The van der Waals surface area contributed by atoms with Gasteiger partial charge in [-0.25, -0.2) is 13.2 Å². The first kappa shape index (κ1) is 19.4. The molecule has 3 aromatic carbocycles. The van der Waals surface area contributed by atoms with E-state index >= 15 is 0 Å². The fourth-order valence-corrected chi connectivity index (χ4v) is 3.16. The van der Waals surface area contributed by atoms with Crippen LogP contribution in [0, 0.1) is 24.4 Å². The van der Waals surface area contributed by atoms with Crippen molar-refractivity contribution in [2.24, 2.45) is 0 Å². The van der Waals surface area contributed by atoms with E-state index in [1.165, 1.54) is 18.2 Å². The zero-order valence-electron chi connectivity index (χ0n) is 15.6. The molecule has 0 aliphatic heterocycles. The van der Waals surface area contributed by atoms with E-state index < -0.39 is 29.0 Å². The molecule has 7 heteroatoms. The maximum absolute atomic E-state index is 13.9. The van der Waals surface area contributed by atoms with Crippen LogP contribution in [-0.4, -0.2) is 5.91 Å². The Labute approximate surface area is 168 Å². The quantitative estimate of drug-likeness (QED) is 0.459. The summed E-state index contributed by atoms with van der Waals surface area (Å²) in [5, 5.41) is 2.37. The number of anilines is 1. The summed E-state index contributed by atoms with van der Waals surface area (Å²) >= 11 is 0. The first-order valence-electron chi connectivity index (χ1n) is 8.94. The molecular weight excluding hydrogens is 395 g/mol. The van der Waals surface area contributed by atoms with Crippen LogP contribution in [0.5, 0.6) is 0 Å². The molecule has 1 aromatic heterocycles. The van der Waals surface area contributed by atoms with Crippen molar-refractivity contribution in [2.45, 2.75) is 6.92 Å². The maximum Gasteiger partial charge on any atom is 0.259 e. The number of benzene rings is 3. The highest BCUT2D eigenvalue weighted by molar-refractivity contribution is 6.11. The van der Waals surface area contributed by atoms with Crippen molar-refractivity contribution in [1.29, 1.82) is 0 Å². The molecule has 0 atom stereocenters. The van der Waals surface area contributed by atoms with Crippen molar-refractivity contribution < 1.29 is 22.4 Å². The van der Waals surface area contributed by atoms with E-state index in [-0.39, 0.29) is 22.0 Å². The zero-order chi connectivity index (χ0) is 21.4. The molecule has 1 heterocycles. The van der Waals surface area contributed by atoms with E-state index in [9.17, 15) is 22.8 Å². The van der Waals surface area contributed by atoms with Crippen molar-refractivity contribution in [2.75, 3.05) is 5.32 Å². The zero-order valence-corrected chi connectivity index (χ0v) is 15.6. The molecule has 0 radical (unpaired) electrons. The summed E-state index contributed by atoms with van der Waals surface area (Å²) in [6.07, 6.45) is 0. The number of hydrogen-bond acceptors (Lipinski definition) is 3. The van der Waals surface area contributed by atoms with Gasteiger partial charge in [-0.15, -0.1) is 0 Å². The van der Waals surface area contributed by atoms with Gasteiger partial charge in [0.15, 0.2) is 22.6 Å². The molecular formula is C23H14F3NO3. The lowest BCUT2D eigenvalue weighted by atomic mass is 10.0. The average Bonchev–Trinajstić information content (AvgIpc) is 2.74. The van der Waals surface area contributed by atoms with E-state index in [4.69, 9.17) is 4.42 Å². The molecule has 1 N–H and O–H groups in total. The van der Waals surface area contributed by atoms with Crippen molar-refractivity contribution >= 4 is 22.6 Å². The number of halogens is 3. The van der Waals surface area contributed by atoms with Gasteiger partial charge in [0.2, 0.25) is 0 Å². The lowest BCUT2D eigenvalue weighted by molar-refractivity contribution is 0.102. The van der Waals surface area contributed by atoms with Crippen LogP contribution in [0.1, 0.15) is 15.9 Å². The molecule has 150 valence electrons. The Bertz CT molecular complexity index is 1350. The van der Waals surface area contributed by atoms with E-state index in [2.05, 4.69) is 5.32 Å². The molecule has 0 aliphatic carbocycles. The van der Waals surface area contributed by atoms with Crippen molar-refractivity contribution in [1.82, 2.24) is 0 Å². The van der Waals surface area contributed by atoms with Gasteiger partial charge in [0.05, 0.1) is 16.6 Å². The highest BCUT2D eigenvalue weighted by atomic mass is 19.2. The Morgan fingerprint density at radius 2 is 1.60 bits per heavy atom. The summed E-state index contributed by atoms with van der Waals surface area (Å²) in [5.74, 6) is -4.35. The molecule has 4 nitrogen and oxygen atoms in total. The van der Waals surface area contributed by atoms with Crippen LogP contribution in [0.15, 0.2) is 69.9 Å². The normalized spacial score (nSPS) is 10.9. The highest BCUT2D eigenvalue weighted by Gasteiger charge is 2.20. The number of fused-ring (bicyclic) bond motifs is 1. The third kappa shape index (κ3) is 3.34. The monoisotopic (exact) mass is 409 g/mol. The van der Waals surface area contributed by atoms with Gasteiger partial charge in [-0.1, -0.05) is 36.4 Å². The largest absolute Gasteiger partial charge is 0.455 e. The molecule has 0 bridgehead atoms. The number of carbonyl (C=O) groups excluding carboxylic acids is 1. The number of carbonyl (C=O) groups is 1. The second-order valence-electron chi connectivity index (χ2n) is 6.63. The minimum atomic E-state index is -1.37. The van der Waals surface area contributed by atoms with Gasteiger partial charge in [0.1, 0.15) is 11.6 Å². The second kappa shape index (κ2) is 7.51. The molecule has 0 saturated carbocycles. The number of rotatable bonds is 3. The summed E-state index contributed by atoms with van der Waals surface area (Å²) in [6, 6.07) is 14.2. The lowest BCUT2D eigenvalue weighted by Gasteiger charge is -2.11. The summed E-state index contributed by atoms with van der Waals surface area (Å²) in [5.41, 5.74) is 0.129. The van der Waals surface area contributed by atoms with Crippen LogP contribution in [0.3, 0.4) is 0 Å². The van der Waals surface area contributed by atoms with Crippen LogP contribution >= 0.6 is 0 Å². The van der Waals surface area contributed by atoms with Crippen LogP contribution in [0.25, 0.3) is 22.3 Å². The minimum Gasteiger partial charge on any atom is -0.455 e. The van der Waals surface area contributed by atoms with Crippen LogP contribution in [0.4, 0.5) is 18.9 Å². The summed E-state index contributed by atoms with van der Waals surface area (Å²) in [6.45, 7) is 1.62. The van der Waals surface area contributed by atoms with E-state index in [1.807, 2.05) is 6.07 Å². The number of hydrogen-bond donors (Lipinski definition) is 1. The lowest BCUT2D eigenvalue weighted by Crippen LogP contribution is -2.16. The third-order valence-corrected chi connectivity index (χ3v) is 4.68. The molecule has 0 spiro atoms. The van der Waals surface area contributed by atoms with Gasteiger partial charge in [-0.05, 0) is 19.1 Å². The average molecular weight is 409 g/mol. The topological polar surface area (TPSA) is 59.3 Å². The standard InChI is InChI=1S/C23H14F3NO3/c1-12-20(28)14-8-5-9-15(22(14)30-21(12)13-6-3-2-4-7-13)23(29)27-19-11-17(25)16(24)10-18(19)26/h2-11H,1H3,(H,27,29). The van der Waals surface area contributed by atoms with Crippen molar-refractivity contribution in [3.8, 4) is 11.3 Å². The Balaban J connectivity index is 1.85. The number of amides is 1. The van der Waals surface area contributed by atoms with Gasteiger partial charge in [0, 0.05) is 23.3 Å². The molecule has 0 saturated heterocycles. The first-order chi connectivity index (χ1) is 14.4. The Morgan fingerprint density at radius 3 is 2.33 bits per heavy atom. The minimum absolute atomic E-state index is 0.00689. The summed E-state index contributed by atoms with van der Waals surface area (Å²) in [7, 11) is 0. The Kier molecular flexibility index (Phi) is 4.87. The molecule has 1 amide bonds. The van der Waals surface area contributed by atoms with Gasteiger partial charge < -0.3 is 9.73 Å². The van der Waals surface area contributed by atoms with E-state index in [0.717, 1.165) is 0 Å². The molecule has 30 heavy (non-hydrogen) atoms. The first-order valence-corrected chi connectivity index (χ1v) is 8.94. The number of nitrogens with one attached hydrogen (secondary N) is 1. The van der Waals surface area contributed by atoms with Gasteiger partial charge in [0.25, 0.3) is 5.91 Å². The van der Waals surface area contributed by atoms with E-state index in [0.29, 0.717) is 29.0 Å². The molecule has 4 aromatic rings. The summed E-state index contributed by atoms with van der Waals surface area (Å²) in [4.78, 5) is 25.6. The van der Waals surface area contributed by atoms with Crippen molar-refractivity contribution in [3.63, 3.8) is 0 Å². The highest BCUT2D eigenvalue weighted by Crippen LogP contribution is 2.28. The third-order valence-electron chi connectivity index (χ3n) is 4.68. The SMILES string of the molecule is Cc1c(-c2ccccc2)oc2c(C(=O)Nc3cc(F)c(F)cc3F)cccc2c1=O. The van der Waals surface area contributed by atoms with E-state index in [1.54, 1.807) is 31.2 Å².